The summed E-state index contributed by atoms with van der Waals surface area (Å²) in [5, 5.41) is 1.10. The Labute approximate surface area is 113 Å². The van der Waals surface area contributed by atoms with E-state index in [1.165, 1.54) is 0 Å². The molecule has 1 aliphatic rings. The molecular weight excluding hydrogens is 238 g/mol. The number of hydrogen-bond donors (Lipinski definition) is 1. The van der Waals surface area contributed by atoms with Gasteiger partial charge in [-0.2, -0.15) is 0 Å². The predicted molar refractivity (Wildman–Crippen MR) is 76.3 cm³/mol. The van der Waals surface area contributed by atoms with E-state index >= 15 is 0 Å². The molecule has 0 unspecified atom stereocenters. The van der Waals surface area contributed by atoms with E-state index in [0.717, 1.165) is 43.6 Å². The van der Waals surface area contributed by atoms with Crippen LogP contribution in [0.15, 0.2) is 30.3 Å². The molecule has 4 nitrogen and oxygen atoms in total. The molecule has 0 saturated carbocycles. The average molecular weight is 257 g/mol. The lowest BCUT2D eigenvalue weighted by Crippen LogP contribution is -2.48. The fraction of sp³-hybridized carbons (Fsp3) is 0.400. The molecule has 4 heteroatoms. The topological polar surface area (TPSA) is 39.3 Å². The van der Waals surface area contributed by atoms with Crippen molar-refractivity contribution in [2.45, 2.75) is 6.92 Å². The second-order valence-corrected chi connectivity index (χ2v) is 5.00. The minimum absolute atomic E-state index is 0.118. The van der Waals surface area contributed by atoms with Crippen molar-refractivity contribution in [2.24, 2.45) is 0 Å². The highest BCUT2D eigenvalue weighted by atomic mass is 16.2. The lowest BCUT2D eigenvalue weighted by atomic mass is 10.2. The molecule has 0 aliphatic carbocycles. The van der Waals surface area contributed by atoms with Crippen molar-refractivity contribution < 1.29 is 4.79 Å². The SMILES string of the molecule is CCN1CCN(C(=O)c2cc3ccccc3[nH]2)CC1. The highest BCUT2D eigenvalue weighted by Crippen LogP contribution is 2.16. The van der Waals surface area contributed by atoms with Gasteiger partial charge in [0.1, 0.15) is 5.69 Å². The van der Waals surface area contributed by atoms with Crippen molar-refractivity contribution >= 4 is 16.8 Å². The van der Waals surface area contributed by atoms with Crippen LogP contribution in [0.4, 0.5) is 0 Å². The quantitative estimate of drug-likeness (QED) is 0.893. The van der Waals surface area contributed by atoms with Crippen molar-refractivity contribution in [1.29, 1.82) is 0 Å². The van der Waals surface area contributed by atoms with Crippen molar-refractivity contribution in [3.05, 3.63) is 36.0 Å². The van der Waals surface area contributed by atoms with Crippen LogP contribution in [0.1, 0.15) is 17.4 Å². The molecule has 1 saturated heterocycles. The smallest absolute Gasteiger partial charge is 0.270 e. The maximum absolute atomic E-state index is 12.4. The van der Waals surface area contributed by atoms with Gasteiger partial charge in [-0.25, -0.2) is 0 Å². The van der Waals surface area contributed by atoms with Gasteiger partial charge in [-0.3, -0.25) is 4.79 Å². The zero-order valence-electron chi connectivity index (χ0n) is 11.2. The van der Waals surface area contributed by atoms with E-state index in [2.05, 4.69) is 16.8 Å². The largest absolute Gasteiger partial charge is 0.351 e. The first-order chi connectivity index (χ1) is 9.28. The molecule has 1 amide bonds. The van der Waals surface area contributed by atoms with Gasteiger partial charge in [0.05, 0.1) is 0 Å². The van der Waals surface area contributed by atoms with Crippen LogP contribution in [0.25, 0.3) is 10.9 Å². The lowest BCUT2D eigenvalue weighted by molar-refractivity contribution is 0.0638. The number of fused-ring (bicyclic) bond motifs is 1. The number of piperazine rings is 1. The normalized spacial score (nSPS) is 17.0. The van der Waals surface area contributed by atoms with Crippen LogP contribution in [0.2, 0.25) is 0 Å². The van der Waals surface area contributed by atoms with Gasteiger partial charge in [0.25, 0.3) is 5.91 Å². The number of rotatable bonds is 2. The molecule has 3 rings (SSSR count). The summed E-state index contributed by atoms with van der Waals surface area (Å²) in [5.74, 6) is 0.118. The molecule has 1 aliphatic heterocycles. The van der Waals surface area contributed by atoms with E-state index in [-0.39, 0.29) is 5.91 Å². The number of aromatic nitrogens is 1. The Morgan fingerprint density at radius 2 is 1.95 bits per heavy atom. The Morgan fingerprint density at radius 1 is 1.21 bits per heavy atom. The number of aromatic amines is 1. The van der Waals surface area contributed by atoms with Crippen molar-refractivity contribution in [2.75, 3.05) is 32.7 Å². The summed E-state index contributed by atoms with van der Waals surface area (Å²) in [6, 6.07) is 9.94. The van der Waals surface area contributed by atoms with Gasteiger partial charge < -0.3 is 14.8 Å². The zero-order chi connectivity index (χ0) is 13.2. The molecule has 0 atom stereocenters. The first-order valence-electron chi connectivity index (χ1n) is 6.87. The number of carbonyl (C=O) groups is 1. The van der Waals surface area contributed by atoms with E-state index in [4.69, 9.17) is 0 Å². The fourth-order valence-electron chi connectivity index (χ4n) is 2.63. The van der Waals surface area contributed by atoms with Gasteiger partial charge in [-0.15, -0.1) is 0 Å². The Kier molecular flexibility index (Phi) is 3.25. The molecule has 1 aromatic carbocycles. The number of likely N-dealkylation sites (N-methyl/N-ethyl adjacent to an activating group) is 1. The van der Waals surface area contributed by atoms with Crippen molar-refractivity contribution in [1.82, 2.24) is 14.8 Å². The van der Waals surface area contributed by atoms with Crippen LogP contribution in [0.3, 0.4) is 0 Å². The number of H-pyrrole nitrogens is 1. The number of nitrogens with one attached hydrogen (secondary N) is 1. The fourth-order valence-corrected chi connectivity index (χ4v) is 2.63. The van der Waals surface area contributed by atoms with Crippen LogP contribution in [-0.4, -0.2) is 53.4 Å². The van der Waals surface area contributed by atoms with Gasteiger partial charge in [0.15, 0.2) is 0 Å². The molecule has 0 radical (unpaired) electrons. The van der Waals surface area contributed by atoms with Gasteiger partial charge >= 0.3 is 0 Å². The lowest BCUT2D eigenvalue weighted by Gasteiger charge is -2.33. The first-order valence-corrected chi connectivity index (χ1v) is 6.87. The maximum atomic E-state index is 12.4. The van der Waals surface area contributed by atoms with E-state index in [1.54, 1.807) is 0 Å². The van der Waals surface area contributed by atoms with Gasteiger partial charge in [-0.05, 0) is 18.7 Å². The highest BCUT2D eigenvalue weighted by molar-refractivity contribution is 5.98. The highest BCUT2D eigenvalue weighted by Gasteiger charge is 2.22. The molecule has 100 valence electrons. The zero-order valence-corrected chi connectivity index (χ0v) is 11.2. The van der Waals surface area contributed by atoms with Crippen LogP contribution in [0, 0.1) is 0 Å². The number of nitrogens with zero attached hydrogens (tertiary/aromatic N) is 2. The summed E-state index contributed by atoms with van der Waals surface area (Å²) >= 11 is 0. The molecule has 2 aromatic rings. The van der Waals surface area contributed by atoms with Crippen molar-refractivity contribution in [3.63, 3.8) is 0 Å². The summed E-state index contributed by atoms with van der Waals surface area (Å²) in [6.45, 7) is 6.82. The van der Waals surface area contributed by atoms with Gasteiger partial charge in [0, 0.05) is 37.1 Å². The molecule has 0 bridgehead atoms. The third-order valence-electron chi connectivity index (χ3n) is 3.87. The molecular formula is C15H19N3O. The number of para-hydroxylation sites is 1. The second-order valence-electron chi connectivity index (χ2n) is 5.00. The Morgan fingerprint density at radius 3 is 2.63 bits per heavy atom. The van der Waals surface area contributed by atoms with Crippen LogP contribution in [-0.2, 0) is 0 Å². The number of hydrogen-bond acceptors (Lipinski definition) is 2. The average Bonchev–Trinajstić information content (AvgIpc) is 2.90. The first kappa shape index (κ1) is 12.2. The number of carbonyl (C=O) groups excluding carboxylic acids is 1. The minimum Gasteiger partial charge on any atom is -0.351 e. The van der Waals surface area contributed by atoms with E-state index in [9.17, 15) is 4.79 Å². The van der Waals surface area contributed by atoms with Crippen LogP contribution >= 0.6 is 0 Å². The third kappa shape index (κ3) is 2.36. The summed E-state index contributed by atoms with van der Waals surface area (Å²) in [4.78, 5) is 20.0. The molecule has 19 heavy (non-hydrogen) atoms. The summed E-state index contributed by atoms with van der Waals surface area (Å²) in [6.07, 6.45) is 0. The van der Waals surface area contributed by atoms with E-state index < -0.39 is 0 Å². The van der Waals surface area contributed by atoms with E-state index in [0.29, 0.717) is 5.69 Å². The third-order valence-corrected chi connectivity index (χ3v) is 3.87. The van der Waals surface area contributed by atoms with Gasteiger partial charge in [0.2, 0.25) is 0 Å². The number of amides is 1. The Hall–Kier alpha value is -1.81. The number of benzene rings is 1. The van der Waals surface area contributed by atoms with Crippen LogP contribution < -0.4 is 0 Å². The molecule has 1 fully saturated rings. The van der Waals surface area contributed by atoms with Crippen LogP contribution in [0.5, 0.6) is 0 Å². The second kappa shape index (κ2) is 5.05. The summed E-state index contributed by atoms with van der Waals surface area (Å²) in [7, 11) is 0. The molecule has 0 spiro atoms. The Balaban J connectivity index is 1.77. The molecule has 1 N–H and O–H groups in total. The maximum Gasteiger partial charge on any atom is 0.270 e. The van der Waals surface area contributed by atoms with Crippen molar-refractivity contribution in [3.8, 4) is 0 Å². The monoisotopic (exact) mass is 257 g/mol. The summed E-state index contributed by atoms with van der Waals surface area (Å²) < 4.78 is 0. The van der Waals surface area contributed by atoms with E-state index in [1.807, 2.05) is 35.2 Å². The van der Waals surface area contributed by atoms with Gasteiger partial charge in [-0.1, -0.05) is 25.1 Å². The minimum atomic E-state index is 0.118. The Bertz CT molecular complexity index is 549. The summed E-state index contributed by atoms with van der Waals surface area (Å²) in [5.41, 5.74) is 1.73. The molecule has 1 aromatic heterocycles. The predicted octanol–water partition coefficient (Wildman–Crippen LogP) is 1.95. The molecule has 2 heterocycles. The standard InChI is InChI=1S/C15H19N3O/c1-2-17-7-9-18(10-8-17)15(19)14-11-12-5-3-4-6-13(12)16-14/h3-6,11,16H,2,7-10H2,1H3.